The van der Waals surface area contributed by atoms with Gasteiger partial charge in [-0.25, -0.2) is 9.31 Å². The number of nitrogens with zero attached hydrogens (tertiary/aromatic N) is 2. The van der Waals surface area contributed by atoms with Crippen LogP contribution in [0.2, 0.25) is 0 Å². The van der Waals surface area contributed by atoms with Gasteiger partial charge < -0.3 is 11.1 Å². The van der Waals surface area contributed by atoms with Crippen molar-refractivity contribution in [1.29, 1.82) is 0 Å². The third kappa shape index (κ3) is 2.01. The minimum Gasteiger partial charge on any atom is -0.351 e. The predicted molar refractivity (Wildman–Crippen MR) is 73.8 cm³/mol. The maximum atomic E-state index is 11.2. The number of benzene rings is 1. The van der Waals surface area contributed by atoms with E-state index in [1.807, 2.05) is 54.7 Å². The first-order chi connectivity index (χ1) is 9.25. The molecule has 5 heteroatoms. The molecule has 2 aromatic heterocycles. The molecule has 3 N–H and O–H groups in total. The molecule has 0 atom stereocenters. The highest BCUT2D eigenvalue weighted by Crippen LogP contribution is 2.30. The summed E-state index contributed by atoms with van der Waals surface area (Å²) in [4.78, 5) is 11.2. The Morgan fingerprint density at radius 1 is 1.11 bits per heavy atom. The van der Waals surface area contributed by atoms with Crippen molar-refractivity contribution in [2.75, 3.05) is 5.32 Å². The highest BCUT2D eigenvalue weighted by Gasteiger charge is 2.14. The first kappa shape index (κ1) is 11.3. The molecule has 0 bridgehead atoms. The van der Waals surface area contributed by atoms with E-state index in [0.29, 0.717) is 11.4 Å². The van der Waals surface area contributed by atoms with Crippen LogP contribution in [0, 0.1) is 0 Å². The summed E-state index contributed by atoms with van der Waals surface area (Å²) in [5.41, 5.74) is 8.29. The van der Waals surface area contributed by atoms with Crippen molar-refractivity contribution < 1.29 is 4.79 Å². The van der Waals surface area contributed by atoms with Crippen LogP contribution >= 0.6 is 0 Å². The van der Waals surface area contributed by atoms with E-state index in [0.717, 1.165) is 11.1 Å². The normalized spacial score (nSPS) is 10.5. The lowest BCUT2D eigenvalue weighted by molar-refractivity contribution is 0.259. The monoisotopic (exact) mass is 252 g/mol. The fourth-order valence-corrected chi connectivity index (χ4v) is 2.04. The second-order valence-corrected chi connectivity index (χ2v) is 4.11. The molecule has 3 rings (SSSR count). The summed E-state index contributed by atoms with van der Waals surface area (Å²) < 4.78 is 1.72. The van der Waals surface area contributed by atoms with Crippen molar-refractivity contribution in [2.24, 2.45) is 5.73 Å². The summed E-state index contributed by atoms with van der Waals surface area (Å²) in [6, 6.07) is 14.7. The largest absolute Gasteiger partial charge is 0.351 e. The molecule has 0 aliphatic rings. The van der Waals surface area contributed by atoms with Crippen LogP contribution in [0.5, 0.6) is 0 Å². The van der Waals surface area contributed by atoms with E-state index >= 15 is 0 Å². The van der Waals surface area contributed by atoms with Crippen molar-refractivity contribution in [3.63, 3.8) is 0 Å². The molecule has 2 amide bonds. The smallest absolute Gasteiger partial charge is 0.316 e. The minimum atomic E-state index is -0.601. The molecule has 5 nitrogen and oxygen atoms in total. The predicted octanol–water partition coefficient (Wildman–Crippen LogP) is 2.49. The number of hydrogen-bond donors (Lipinski definition) is 2. The number of carbonyl (C=O) groups excluding carboxylic acids is 1. The first-order valence-electron chi connectivity index (χ1n) is 5.85. The van der Waals surface area contributed by atoms with Crippen molar-refractivity contribution in [3.05, 3.63) is 54.7 Å². The van der Waals surface area contributed by atoms with Gasteiger partial charge in [0.25, 0.3) is 0 Å². The number of rotatable bonds is 2. The van der Waals surface area contributed by atoms with Crippen molar-refractivity contribution in [2.45, 2.75) is 0 Å². The molecule has 0 unspecified atom stereocenters. The highest BCUT2D eigenvalue weighted by molar-refractivity contribution is 5.99. The van der Waals surface area contributed by atoms with E-state index in [1.54, 1.807) is 4.52 Å². The van der Waals surface area contributed by atoms with Gasteiger partial charge in [0.1, 0.15) is 5.69 Å². The molecule has 19 heavy (non-hydrogen) atoms. The van der Waals surface area contributed by atoms with Gasteiger partial charge in [-0.15, -0.1) is 0 Å². The minimum absolute atomic E-state index is 0.601. The molecule has 1 aromatic carbocycles. The van der Waals surface area contributed by atoms with Crippen molar-refractivity contribution in [1.82, 2.24) is 9.61 Å². The number of nitrogens with two attached hydrogens (primary N) is 1. The second-order valence-electron chi connectivity index (χ2n) is 4.11. The van der Waals surface area contributed by atoms with Gasteiger partial charge in [-0.05, 0) is 12.1 Å². The van der Waals surface area contributed by atoms with Gasteiger partial charge in [0.05, 0.1) is 11.2 Å². The average molecular weight is 252 g/mol. The summed E-state index contributed by atoms with van der Waals surface area (Å²) >= 11 is 0. The molecule has 0 spiro atoms. The third-order valence-corrected chi connectivity index (χ3v) is 2.84. The van der Waals surface area contributed by atoms with Crippen LogP contribution in [0.15, 0.2) is 54.7 Å². The third-order valence-electron chi connectivity index (χ3n) is 2.84. The number of pyridine rings is 1. The molecule has 3 aromatic rings. The van der Waals surface area contributed by atoms with Crippen molar-refractivity contribution >= 4 is 17.2 Å². The lowest BCUT2D eigenvalue weighted by Crippen LogP contribution is -2.19. The molecule has 0 fully saturated rings. The Bertz CT molecular complexity index is 734. The number of primary amides is 1. The molecule has 0 saturated carbocycles. The zero-order valence-electron chi connectivity index (χ0n) is 10.1. The number of hydrogen-bond acceptors (Lipinski definition) is 2. The van der Waals surface area contributed by atoms with E-state index in [-0.39, 0.29) is 0 Å². The van der Waals surface area contributed by atoms with Crippen LogP contribution in [-0.2, 0) is 0 Å². The average Bonchev–Trinajstić information content (AvgIpc) is 2.78. The summed E-state index contributed by atoms with van der Waals surface area (Å²) in [6.07, 6.45) is 1.83. The van der Waals surface area contributed by atoms with E-state index in [4.69, 9.17) is 5.73 Å². The standard InChI is InChI=1S/C14H12N4O/c15-14(19)16-13-11-8-4-5-9-18(11)17-12(13)10-6-2-1-3-7-10/h1-9H,(H3,15,16,19). The summed E-state index contributed by atoms with van der Waals surface area (Å²) in [7, 11) is 0. The lowest BCUT2D eigenvalue weighted by atomic mass is 10.1. The maximum absolute atomic E-state index is 11.2. The van der Waals surface area contributed by atoms with Gasteiger partial charge in [-0.2, -0.15) is 5.10 Å². The Kier molecular flexibility index (Phi) is 2.64. The van der Waals surface area contributed by atoms with Crippen LogP contribution in [0.3, 0.4) is 0 Å². The molecule has 2 heterocycles. The zero-order valence-corrected chi connectivity index (χ0v) is 10.1. The number of urea groups is 1. The van der Waals surface area contributed by atoms with Crippen LogP contribution < -0.4 is 11.1 Å². The fraction of sp³-hybridized carbons (Fsp3) is 0. The Labute approximate surface area is 109 Å². The van der Waals surface area contributed by atoms with Crippen LogP contribution in [0.4, 0.5) is 10.5 Å². The van der Waals surface area contributed by atoms with E-state index in [1.165, 1.54) is 0 Å². The summed E-state index contributed by atoms with van der Waals surface area (Å²) in [5.74, 6) is 0. The lowest BCUT2D eigenvalue weighted by Gasteiger charge is -2.03. The maximum Gasteiger partial charge on any atom is 0.316 e. The van der Waals surface area contributed by atoms with Gasteiger partial charge >= 0.3 is 6.03 Å². The molecular formula is C14H12N4O. The number of aromatic nitrogens is 2. The number of carbonyl (C=O) groups is 1. The van der Waals surface area contributed by atoms with E-state index in [2.05, 4.69) is 10.4 Å². The van der Waals surface area contributed by atoms with Gasteiger partial charge in [0.15, 0.2) is 0 Å². The molecule has 0 aliphatic carbocycles. The van der Waals surface area contributed by atoms with Gasteiger partial charge in [-0.3, -0.25) is 0 Å². The Hall–Kier alpha value is -2.82. The number of anilines is 1. The van der Waals surface area contributed by atoms with Gasteiger partial charge in [0, 0.05) is 11.8 Å². The molecule has 0 radical (unpaired) electrons. The summed E-state index contributed by atoms with van der Waals surface area (Å²) in [5, 5.41) is 7.13. The zero-order chi connectivity index (χ0) is 13.2. The van der Waals surface area contributed by atoms with Gasteiger partial charge in [0.2, 0.25) is 0 Å². The van der Waals surface area contributed by atoms with Crippen LogP contribution in [-0.4, -0.2) is 15.6 Å². The SMILES string of the molecule is NC(=O)Nc1c(-c2ccccc2)nn2ccccc12. The number of amides is 2. The van der Waals surface area contributed by atoms with E-state index < -0.39 is 6.03 Å². The van der Waals surface area contributed by atoms with Gasteiger partial charge in [-0.1, -0.05) is 36.4 Å². The second kappa shape index (κ2) is 4.45. The van der Waals surface area contributed by atoms with Crippen molar-refractivity contribution in [3.8, 4) is 11.3 Å². The molecule has 0 aliphatic heterocycles. The molecular weight excluding hydrogens is 240 g/mol. The first-order valence-corrected chi connectivity index (χ1v) is 5.85. The molecule has 94 valence electrons. The topological polar surface area (TPSA) is 72.4 Å². The number of fused-ring (bicyclic) bond motifs is 1. The number of nitrogens with one attached hydrogen (secondary N) is 1. The Balaban J connectivity index is 2.26. The van der Waals surface area contributed by atoms with E-state index in [9.17, 15) is 4.79 Å². The fourth-order valence-electron chi connectivity index (χ4n) is 2.04. The highest BCUT2D eigenvalue weighted by atomic mass is 16.2. The summed E-state index contributed by atoms with van der Waals surface area (Å²) in [6.45, 7) is 0. The van der Waals surface area contributed by atoms with Crippen LogP contribution in [0.25, 0.3) is 16.8 Å². The Morgan fingerprint density at radius 2 is 1.84 bits per heavy atom. The Morgan fingerprint density at radius 3 is 2.58 bits per heavy atom. The quantitative estimate of drug-likeness (QED) is 0.735. The van der Waals surface area contributed by atoms with Crippen LogP contribution in [0.1, 0.15) is 0 Å². The molecule has 0 saturated heterocycles.